The molecule has 3 aromatic rings. The summed E-state index contributed by atoms with van der Waals surface area (Å²) >= 11 is 0. The number of hydrogen-bond donors (Lipinski definition) is 1. The third-order valence-corrected chi connectivity index (χ3v) is 9.71. The highest BCUT2D eigenvalue weighted by molar-refractivity contribution is 7.89. The molecule has 42 heavy (non-hydrogen) atoms. The van der Waals surface area contributed by atoms with Gasteiger partial charge < -0.3 is 14.7 Å². The van der Waals surface area contributed by atoms with Crippen molar-refractivity contribution in [1.29, 1.82) is 0 Å². The molecule has 0 aromatic heterocycles. The van der Waals surface area contributed by atoms with E-state index in [9.17, 15) is 35.9 Å². The van der Waals surface area contributed by atoms with Crippen LogP contribution in [0.1, 0.15) is 43.5 Å². The lowest BCUT2D eigenvalue weighted by atomic mass is 9.85. The summed E-state index contributed by atoms with van der Waals surface area (Å²) in [5.41, 5.74) is -0.387. The van der Waals surface area contributed by atoms with Gasteiger partial charge in [-0.25, -0.2) is 30.8 Å². The van der Waals surface area contributed by atoms with Crippen molar-refractivity contribution >= 4 is 21.7 Å². The van der Waals surface area contributed by atoms with Gasteiger partial charge in [-0.15, -0.1) is 0 Å². The van der Waals surface area contributed by atoms with Crippen molar-refractivity contribution in [3.05, 3.63) is 71.8 Å². The van der Waals surface area contributed by atoms with Crippen LogP contribution in [0.3, 0.4) is 0 Å². The molecule has 1 aliphatic heterocycles. The summed E-state index contributed by atoms with van der Waals surface area (Å²) in [4.78, 5) is 13.1. The SMILES string of the molecule is CC(C)C[C@H]1CN(C2CC(F)(F)C2)c2cc(Oc3ccccc3F)c(-c3ccc(F)c(C(=O)O)c3)cc2S(=O)(=O)N1C. The number of fused-ring (bicyclic) bond motifs is 1. The Labute approximate surface area is 241 Å². The van der Waals surface area contributed by atoms with Crippen LogP contribution in [0, 0.1) is 17.6 Å². The Morgan fingerprint density at radius 3 is 2.36 bits per heavy atom. The minimum absolute atomic E-state index is 0.0534. The first-order valence-corrected chi connectivity index (χ1v) is 14.9. The zero-order valence-electron chi connectivity index (χ0n) is 23.2. The summed E-state index contributed by atoms with van der Waals surface area (Å²) < 4.78 is 92.4. The molecule has 1 N–H and O–H groups in total. The van der Waals surface area contributed by atoms with E-state index in [-0.39, 0.29) is 45.7 Å². The van der Waals surface area contributed by atoms with Gasteiger partial charge in [0.25, 0.3) is 5.92 Å². The fraction of sp³-hybridized carbons (Fsp3) is 0.367. The second-order valence-electron chi connectivity index (χ2n) is 11.2. The second-order valence-corrected chi connectivity index (χ2v) is 13.2. The molecule has 0 amide bonds. The van der Waals surface area contributed by atoms with Gasteiger partial charge in [0.2, 0.25) is 10.0 Å². The number of anilines is 1. The van der Waals surface area contributed by atoms with E-state index in [2.05, 4.69) is 0 Å². The third-order valence-electron chi connectivity index (χ3n) is 7.77. The fourth-order valence-corrected chi connectivity index (χ4v) is 7.11. The molecule has 0 spiro atoms. The molecule has 224 valence electrons. The lowest BCUT2D eigenvalue weighted by Crippen LogP contribution is -2.54. The number of halogens is 4. The van der Waals surface area contributed by atoms with Crippen molar-refractivity contribution < 1.29 is 40.6 Å². The molecule has 3 aromatic carbocycles. The molecule has 0 radical (unpaired) electrons. The molecule has 1 atom stereocenters. The van der Waals surface area contributed by atoms with Gasteiger partial charge in [0.15, 0.2) is 11.6 Å². The van der Waals surface area contributed by atoms with Crippen LogP contribution in [-0.4, -0.2) is 55.4 Å². The Hall–Kier alpha value is -3.64. The molecule has 1 saturated carbocycles. The molecule has 0 saturated heterocycles. The lowest BCUT2D eigenvalue weighted by Gasteiger charge is -2.45. The summed E-state index contributed by atoms with van der Waals surface area (Å²) in [5, 5.41) is 9.51. The van der Waals surface area contributed by atoms with E-state index in [1.165, 1.54) is 47.8 Å². The molecule has 1 fully saturated rings. The van der Waals surface area contributed by atoms with E-state index in [1.54, 1.807) is 4.90 Å². The van der Waals surface area contributed by atoms with Crippen molar-refractivity contribution in [3.8, 4) is 22.6 Å². The van der Waals surface area contributed by atoms with E-state index in [0.717, 1.165) is 18.2 Å². The van der Waals surface area contributed by atoms with Crippen molar-refractivity contribution in [3.63, 3.8) is 0 Å². The number of carboxylic acid groups (broad SMARTS) is 1. The average Bonchev–Trinajstić information content (AvgIpc) is 2.97. The summed E-state index contributed by atoms with van der Waals surface area (Å²) in [7, 11) is -2.77. The highest BCUT2D eigenvalue weighted by atomic mass is 32.2. The molecule has 5 rings (SSSR count). The predicted octanol–water partition coefficient (Wildman–Crippen LogP) is 6.78. The van der Waals surface area contributed by atoms with Crippen molar-refractivity contribution in [2.45, 2.75) is 56.0 Å². The first-order chi connectivity index (χ1) is 19.7. The Morgan fingerprint density at radius 1 is 1.05 bits per heavy atom. The van der Waals surface area contributed by atoms with Crippen LogP contribution < -0.4 is 9.64 Å². The minimum atomic E-state index is -4.21. The standard InChI is InChI=1S/C30H30F4N2O5S/c1-17(2)10-19-16-36(20-14-30(33,34)15-20)25-13-27(41-26-7-5-4-6-24(26)32)21(12-28(25)42(39,40)35(19)3)18-8-9-23(31)22(11-18)29(37)38/h4-9,11-13,17,19-20H,10,14-16H2,1-3H3,(H,37,38)/t19-/m0/s1. The van der Waals surface area contributed by atoms with Gasteiger partial charge in [-0.1, -0.05) is 32.0 Å². The smallest absolute Gasteiger partial charge is 0.338 e. The Kier molecular flexibility index (Phi) is 7.73. The number of para-hydroxylation sites is 1. The molecule has 0 unspecified atom stereocenters. The average molecular weight is 607 g/mol. The van der Waals surface area contributed by atoms with E-state index < -0.39 is 64.0 Å². The molecular formula is C30H30F4N2O5S. The zero-order chi connectivity index (χ0) is 30.6. The van der Waals surface area contributed by atoms with Gasteiger partial charge in [0, 0.05) is 50.1 Å². The van der Waals surface area contributed by atoms with E-state index in [4.69, 9.17) is 4.74 Å². The van der Waals surface area contributed by atoms with Crippen LogP contribution in [-0.2, 0) is 10.0 Å². The van der Waals surface area contributed by atoms with Crippen LogP contribution >= 0.6 is 0 Å². The van der Waals surface area contributed by atoms with E-state index in [0.29, 0.717) is 6.42 Å². The number of rotatable bonds is 7. The highest BCUT2D eigenvalue weighted by Gasteiger charge is 2.50. The van der Waals surface area contributed by atoms with Crippen LogP contribution in [0.5, 0.6) is 11.5 Å². The maximum Gasteiger partial charge on any atom is 0.338 e. The van der Waals surface area contributed by atoms with E-state index in [1.807, 2.05) is 13.8 Å². The van der Waals surface area contributed by atoms with Crippen LogP contribution in [0.4, 0.5) is 23.2 Å². The highest BCUT2D eigenvalue weighted by Crippen LogP contribution is 2.48. The van der Waals surface area contributed by atoms with Gasteiger partial charge >= 0.3 is 5.97 Å². The second kappa shape index (κ2) is 10.9. The maximum absolute atomic E-state index is 14.7. The molecule has 2 aliphatic rings. The monoisotopic (exact) mass is 606 g/mol. The Balaban J connectivity index is 1.77. The first kappa shape index (κ1) is 29.8. The number of sulfonamides is 1. The molecular weight excluding hydrogens is 576 g/mol. The van der Waals surface area contributed by atoms with Gasteiger partial charge in [0.05, 0.1) is 11.3 Å². The van der Waals surface area contributed by atoms with Gasteiger partial charge in [-0.2, -0.15) is 4.31 Å². The largest absolute Gasteiger partial charge is 0.478 e. The lowest BCUT2D eigenvalue weighted by molar-refractivity contribution is -0.0862. The molecule has 1 aliphatic carbocycles. The maximum atomic E-state index is 14.7. The number of likely N-dealkylation sites (N-methyl/N-ethyl adjacent to an activating group) is 1. The topological polar surface area (TPSA) is 87.1 Å². The van der Waals surface area contributed by atoms with Crippen LogP contribution in [0.15, 0.2) is 59.5 Å². The summed E-state index contributed by atoms with van der Waals surface area (Å²) in [6, 6.07) is 10.1. The molecule has 7 nitrogen and oxygen atoms in total. The minimum Gasteiger partial charge on any atom is -0.478 e. The third kappa shape index (κ3) is 5.57. The van der Waals surface area contributed by atoms with Gasteiger partial charge in [0.1, 0.15) is 16.5 Å². The quantitative estimate of drug-likeness (QED) is 0.299. The summed E-state index contributed by atoms with van der Waals surface area (Å²) in [5.74, 6) is -6.31. The number of aromatic carboxylic acids is 1. The van der Waals surface area contributed by atoms with Crippen molar-refractivity contribution in [2.75, 3.05) is 18.5 Å². The van der Waals surface area contributed by atoms with E-state index >= 15 is 0 Å². The molecule has 1 heterocycles. The number of alkyl halides is 2. The van der Waals surface area contributed by atoms with Gasteiger partial charge in [-0.05, 0) is 48.2 Å². The first-order valence-electron chi connectivity index (χ1n) is 13.4. The number of nitrogens with zero attached hydrogens (tertiary/aromatic N) is 2. The van der Waals surface area contributed by atoms with Crippen molar-refractivity contribution in [2.24, 2.45) is 5.92 Å². The molecule has 12 heteroatoms. The summed E-state index contributed by atoms with van der Waals surface area (Å²) in [6.45, 7) is 4.01. The van der Waals surface area contributed by atoms with Crippen LogP contribution in [0.2, 0.25) is 0 Å². The Morgan fingerprint density at radius 2 is 1.74 bits per heavy atom. The summed E-state index contributed by atoms with van der Waals surface area (Å²) in [6.07, 6.45) is -0.458. The number of benzene rings is 3. The van der Waals surface area contributed by atoms with Crippen LogP contribution in [0.25, 0.3) is 11.1 Å². The molecule has 0 bridgehead atoms. The number of hydrogen-bond acceptors (Lipinski definition) is 5. The Bertz CT molecular complexity index is 1640. The normalized spacial score (nSPS) is 20.1. The fourth-order valence-electron chi connectivity index (χ4n) is 5.55. The number of carbonyl (C=O) groups is 1. The number of carboxylic acids is 1. The number of ether oxygens (including phenoxy) is 1. The predicted molar refractivity (Wildman–Crippen MR) is 149 cm³/mol. The van der Waals surface area contributed by atoms with Gasteiger partial charge in [-0.3, -0.25) is 0 Å². The zero-order valence-corrected chi connectivity index (χ0v) is 24.0. The van der Waals surface area contributed by atoms with Crippen molar-refractivity contribution in [1.82, 2.24) is 4.31 Å².